The lowest BCUT2D eigenvalue weighted by Gasteiger charge is -2.38. The molecule has 1 N–H and O–H groups in total. The molecule has 216 valence electrons. The summed E-state index contributed by atoms with van der Waals surface area (Å²) < 4.78 is 48.2. The highest BCUT2D eigenvalue weighted by atomic mass is 32.2. The molecule has 0 radical (unpaired) electrons. The zero-order valence-electron chi connectivity index (χ0n) is 23.9. The van der Waals surface area contributed by atoms with Crippen molar-refractivity contribution >= 4 is 15.5 Å². The Labute approximate surface area is 233 Å². The van der Waals surface area contributed by atoms with Crippen LogP contribution in [-0.2, 0) is 25.9 Å². The number of hydrogen-bond donors (Lipinski definition) is 1. The fourth-order valence-corrected chi connectivity index (χ4v) is 6.51. The van der Waals surface area contributed by atoms with E-state index in [1.54, 1.807) is 35.0 Å². The number of rotatable bonds is 11. The molecule has 2 aromatic carbocycles. The number of nitrogens with zero attached hydrogens (tertiary/aromatic N) is 1. The van der Waals surface area contributed by atoms with Crippen molar-refractivity contribution in [3.63, 3.8) is 0 Å². The van der Waals surface area contributed by atoms with Crippen molar-refractivity contribution in [3.8, 4) is 11.5 Å². The minimum atomic E-state index is -3.26. The van der Waals surface area contributed by atoms with E-state index in [2.05, 4.69) is 34.5 Å². The molecule has 1 fully saturated rings. The molecular formula is C30H44N2O6S. The molecular weight excluding hydrogens is 516 g/mol. The Hall–Kier alpha value is -2.33. The zero-order chi connectivity index (χ0) is 28.0. The average molecular weight is 561 g/mol. The van der Waals surface area contributed by atoms with Gasteiger partial charge in [-0.15, -0.1) is 0 Å². The van der Waals surface area contributed by atoms with Gasteiger partial charge in [-0.25, -0.2) is 8.42 Å². The second-order valence-corrected chi connectivity index (χ2v) is 14.2. The van der Waals surface area contributed by atoms with Crippen molar-refractivity contribution in [2.75, 3.05) is 57.7 Å². The van der Waals surface area contributed by atoms with Crippen molar-refractivity contribution < 1.29 is 27.4 Å². The third-order valence-electron chi connectivity index (χ3n) is 7.72. The molecule has 0 spiro atoms. The quantitative estimate of drug-likeness (QED) is 0.410. The van der Waals surface area contributed by atoms with Gasteiger partial charge in [-0.05, 0) is 69.0 Å². The molecule has 0 saturated carbocycles. The minimum Gasteiger partial charge on any atom is -0.497 e. The van der Waals surface area contributed by atoms with E-state index in [9.17, 15) is 8.42 Å². The number of benzene rings is 2. The maximum absolute atomic E-state index is 13.0. The highest BCUT2D eigenvalue weighted by molar-refractivity contribution is 7.92. The van der Waals surface area contributed by atoms with Gasteiger partial charge in [0.15, 0.2) is 9.84 Å². The molecule has 9 heteroatoms. The normalized spacial score (nSPS) is 21.8. The fraction of sp³-hybridized carbons (Fsp3) is 0.600. The van der Waals surface area contributed by atoms with Gasteiger partial charge in [-0.2, -0.15) is 0 Å². The zero-order valence-corrected chi connectivity index (χ0v) is 24.8. The van der Waals surface area contributed by atoms with Crippen LogP contribution in [0.1, 0.15) is 50.7 Å². The van der Waals surface area contributed by atoms with Gasteiger partial charge in [0.1, 0.15) is 18.1 Å². The largest absolute Gasteiger partial charge is 0.497 e. The van der Waals surface area contributed by atoms with E-state index in [4.69, 9.17) is 18.9 Å². The summed E-state index contributed by atoms with van der Waals surface area (Å²) in [7, 11) is 0.127. The van der Waals surface area contributed by atoms with E-state index in [0.29, 0.717) is 26.2 Å². The molecule has 39 heavy (non-hydrogen) atoms. The minimum absolute atomic E-state index is 0.0591. The van der Waals surface area contributed by atoms with Gasteiger partial charge >= 0.3 is 0 Å². The highest BCUT2D eigenvalue weighted by Crippen LogP contribution is 2.35. The molecule has 4 rings (SSSR count). The maximum atomic E-state index is 13.0. The van der Waals surface area contributed by atoms with E-state index in [1.165, 1.54) is 0 Å². The monoisotopic (exact) mass is 560 g/mol. The summed E-state index contributed by atoms with van der Waals surface area (Å²) in [4.78, 5) is 2.35. The number of fused-ring (bicyclic) bond motifs is 1. The summed E-state index contributed by atoms with van der Waals surface area (Å²) in [5.74, 6) is 1.87. The van der Waals surface area contributed by atoms with Crippen LogP contribution >= 0.6 is 0 Å². The lowest BCUT2D eigenvalue weighted by molar-refractivity contribution is 0.00438. The fourth-order valence-electron chi connectivity index (χ4n) is 5.23. The number of methoxy groups -OCH3 is 2. The van der Waals surface area contributed by atoms with Crippen LogP contribution in [0.15, 0.2) is 42.5 Å². The third kappa shape index (κ3) is 7.45. The van der Waals surface area contributed by atoms with Crippen LogP contribution in [0, 0.1) is 0 Å². The maximum Gasteiger partial charge on any atom is 0.156 e. The first-order valence-corrected chi connectivity index (χ1v) is 15.5. The topological polar surface area (TPSA) is 86.3 Å². The van der Waals surface area contributed by atoms with Gasteiger partial charge in [0.2, 0.25) is 0 Å². The van der Waals surface area contributed by atoms with Crippen LogP contribution in [0.25, 0.3) is 0 Å². The Morgan fingerprint density at radius 2 is 1.87 bits per heavy atom. The average Bonchev–Trinajstić information content (AvgIpc) is 2.92. The summed E-state index contributed by atoms with van der Waals surface area (Å²) >= 11 is 0. The van der Waals surface area contributed by atoms with E-state index in [1.807, 2.05) is 18.2 Å². The van der Waals surface area contributed by atoms with Crippen LogP contribution in [0.3, 0.4) is 0 Å². The number of ether oxygens (including phenoxy) is 4. The Morgan fingerprint density at radius 1 is 1.10 bits per heavy atom. The number of nitrogens with one attached hydrogen (secondary N) is 1. The summed E-state index contributed by atoms with van der Waals surface area (Å²) in [5.41, 5.74) is 3.31. The van der Waals surface area contributed by atoms with Crippen LogP contribution in [0.2, 0.25) is 0 Å². The van der Waals surface area contributed by atoms with Crippen LogP contribution < -0.4 is 19.7 Å². The Morgan fingerprint density at radius 3 is 2.56 bits per heavy atom. The summed E-state index contributed by atoms with van der Waals surface area (Å²) in [6.45, 7) is 9.52. The van der Waals surface area contributed by atoms with Gasteiger partial charge in [0.25, 0.3) is 0 Å². The smallest absolute Gasteiger partial charge is 0.156 e. The molecule has 2 heterocycles. The van der Waals surface area contributed by atoms with Crippen LogP contribution in [-0.4, -0.2) is 78.1 Å². The first-order chi connectivity index (χ1) is 18.6. The van der Waals surface area contributed by atoms with Gasteiger partial charge in [-0.3, -0.25) is 0 Å². The molecule has 0 amide bonds. The van der Waals surface area contributed by atoms with Gasteiger partial charge < -0.3 is 29.2 Å². The lowest BCUT2D eigenvalue weighted by atomic mass is 9.84. The molecule has 2 aliphatic rings. The first-order valence-electron chi connectivity index (χ1n) is 13.8. The molecule has 3 atom stereocenters. The third-order valence-corrected chi connectivity index (χ3v) is 10.4. The van der Waals surface area contributed by atoms with Crippen molar-refractivity contribution in [3.05, 3.63) is 53.6 Å². The highest BCUT2D eigenvalue weighted by Gasteiger charge is 2.37. The molecule has 0 bridgehead atoms. The van der Waals surface area contributed by atoms with E-state index in [-0.39, 0.29) is 23.8 Å². The lowest BCUT2D eigenvalue weighted by Crippen LogP contribution is -2.51. The van der Waals surface area contributed by atoms with Crippen molar-refractivity contribution in [2.45, 2.75) is 63.0 Å². The number of anilines is 1. The predicted octanol–water partition coefficient (Wildman–Crippen LogP) is 4.17. The SMILES string of the molecule is COCCCN1CCOc2ccc(CO[C@H]3CN[C@H](CS(=O)(=O)C(C)(C)C)C[C@@H]3c3ccc(OC)cc3)cc21. The standard InChI is InChI=1S/C30H44N2O6S/c1-30(2,3)39(33,34)21-24-18-26(23-8-10-25(36-5)11-9-23)29(19-31-24)38-20-22-7-12-28-27(17-22)32(14-16-37-28)13-6-15-35-4/h7-12,17,24,26,29,31H,6,13-16,18-21H2,1-5H3/t24-,26+,29-/m0/s1. The second kappa shape index (κ2) is 12.9. The van der Waals surface area contributed by atoms with Crippen LogP contribution in [0.4, 0.5) is 5.69 Å². The van der Waals surface area contributed by atoms with Crippen molar-refractivity contribution in [2.24, 2.45) is 0 Å². The molecule has 1 saturated heterocycles. The first kappa shape index (κ1) is 29.6. The van der Waals surface area contributed by atoms with Crippen molar-refractivity contribution in [1.82, 2.24) is 5.32 Å². The van der Waals surface area contributed by atoms with E-state index in [0.717, 1.165) is 54.4 Å². The number of sulfone groups is 1. The summed E-state index contributed by atoms with van der Waals surface area (Å²) in [5, 5.41) is 3.47. The molecule has 8 nitrogen and oxygen atoms in total. The predicted molar refractivity (Wildman–Crippen MR) is 155 cm³/mol. The van der Waals surface area contributed by atoms with E-state index < -0.39 is 14.6 Å². The molecule has 0 aliphatic carbocycles. The summed E-state index contributed by atoms with van der Waals surface area (Å²) in [6.07, 6.45) is 1.54. The second-order valence-electron chi connectivity index (χ2n) is 11.4. The van der Waals surface area contributed by atoms with E-state index >= 15 is 0 Å². The summed E-state index contributed by atoms with van der Waals surface area (Å²) in [6, 6.07) is 14.2. The molecule has 2 aromatic rings. The Bertz CT molecular complexity index is 1180. The molecule has 2 aliphatic heterocycles. The number of hydrogen-bond acceptors (Lipinski definition) is 8. The van der Waals surface area contributed by atoms with Gasteiger partial charge in [-0.1, -0.05) is 18.2 Å². The number of piperidine rings is 1. The molecule has 0 unspecified atom stereocenters. The van der Waals surface area contributed by atoms with Gasteiger partial charge in [0, 0.05) is 38.8 Å². The van der Waals surface area contributed by atoms with Crippen molar-refractivity contribution in [1.29, 1.82) is 0 Å². The Kier molecular flexibility index (Phi) is 9.80. The van der Waals surface area contributed by atoms with Gasteiger partial charge in [0.05, 0.1) is 42.6 Å². The Balaban J connectivity index is 1.48. The molecule has 0 aromatic heterocycles. The van der Waals surface area contributed by atoms with Crippen LogP contribution in [0.5, 0.6) is 11.5 Å².